The van der Waals surface area contributed by atoms with Gasteiger partial charge in [-0.25, -0.2) is 4.39 Å². The van der Waals surface area contributed by atoms with Crippen LogP contribution in [0.5, 0.6) is 0 Å². The second-order valence-corrected chi connectivity index (χ2v) is 6.24. The zero-order chi connectivity index (χ0) is 13.1. The average Bonchev–Trinajstić information content (AvgIpc) is 2.41. The Morgan fingerprint density at radius 3 is 2.56 bits per heavy atom. The largest absolute Gasteiger partial charge is 0.324 e. The molecular weight excluding hydrogens is 293 g/mol. The van der Waals surface area contributed by atoms with E-state index in [1.807, 2.05) is 12.1 Å². The van der Waals surface area contributed by atoms with Crippen molar-refractivity contribution in [3.8, 4) is 0 Å². The lowest BCUT2D eigenvalue weighted by atomic mass is 9.76. The summed E-state index contributed by atoms with van der Waals surface area (Å²) in [4.78, 5) is 0. The number of hydrogen-bond acceptors (Lipinski definition) is 1. The van der Waals surface area contributed by atoms with Crippen LogP contribution in [0.3, 0.4) is 0 Å². The average molecular weight is 314 g/mol. The van der Waals surface area contributed by atoms with Crippen molar-refractivity contribution in [1.29, 1.82) is 0 Å². The maximum atomic E-state index is 13.2. The van der Waals surface area contributed by atoms with Crippen LogP contribution >= 0.6 is 15.9 Å². The lowest BCUT2D eigenvalue weighted by Gasteiger charge is -2.32. The highest BCUT2D eigenvalue weighted by Gasteiger charge is 2.25. The summed E-state index contributed by atoms with van der Waals surface area (Å²) < 4.78 is 13.7. The molecule has 1 aliphatic carbocycles. The van der Waals surface area contributed by atoms with Gasteiger partial charge in [0.2, 0.25) is 0 Å². The molecule has 2 rings (SSSR count). The Hall–Kier alpha value is -0.410. The third kappa shape index (κ3) is 3.12. The highest BCUT2D eigenvalue weighted by molar-refractivity contribution is 9.10. The van der Waals surface area contributed by atoms with Crippen molar-refractivity contribution in [2.24, 2.45) is 17.6 Å². The van der Waals surface area contributed by atoms with E-state index in [-0.39, 0.29) is 11.9 Å². The number of rotatable bonds is 3. The fourth-order valence-corrected chi connectivity index (χ4v) is 3.34. The van der Waals surface area contributed by atoms with Gasteiger partial charge >= 0.3 is 0 Å². The van der Waals surface area contributed by atoms with Crippen molar-refractivity contribution in [2.75, 3.05) is 0 Å². The second kappa shape index (κ2) is 6.16. The fourth-order valence-electron chi connectivity index (χ4n) is 2.95. The van der Waals surface area contributed by atoms with E-state index < -0.39 is 0 Å². The third-order valence-electron chi connectivity index (χ3n) is 4.31. The predicted octanol–water partition coefficient (Wildman–Crippen LogP) is 4.80. The van der Waals surface area contributed by atoms with Crippen LogP contribution in [0.15, 0.2) is 22.7 Å². The molecule has 3 heteroatoms. The van der Waals surface area contributed by atoms with Gasteiger partial charge in [-0.1, -0.05) is 32.3 Å². The van der Waals surface area contributed by atoms with Gasteiger partial charge in [0.1, 0.15) is 5.82 Å². The van der Waals surface area contributed by atoms with Crippen LogP contribution in [-0.4, -0.2) is 0 Å². The molecule has 1 saturated carbocycles. The van der Waals surface area contributed by atoms with Crippen molar-refractivity contribution in [3.63, 3.8) is 0 Å². The molecule has 1 aliphatic rings. The first-order valence-corrected chi connectivity index (χ1v) is 7.61. The summed E-state index contributed by atoms with van der Waals surface area (Å²) in [6.07, 6.45) is 6.27. The normalized spacial score (nSPS) is 26.0. The van der Waals surface area contributed by atoms with E-state index in [1.54, 1.807) is 0 Å². The van der Waals surface area contributed by atoms with Gasteiger partial charge in [0, 0.05) is 6.04 Å². The van der Waals surface area contributed by atoms with Gasteiger partial charge in [-0.3, -0.25) is 0 Å². The molecule has 1 unspecified atom stereocenters. The molecule has 0 bridgehead atoms. The van der Waals surface area contributed by atoms with E-state index in [4.69, 9.17) is 5.73 Å². The first-order chi connectivity index (χ1) is 8.61. The summed E-state index contributed by atoms with van der Waals surface area (Å²) in [6, 6.07) is 5.18. The molecule has 1 aromatic carbocycles. The second-order valence-electron chi connectivity index (χ2n) is 5.39. The van der Waals surface area contributed by atoms with Crippen molar-refractivity contribution >= 4 is 15.9 Å². The SMILES string of the molecule is CCC1CCC(C(N)c2ccc(F)c(Br)c2)CC1. The zero-order valence-corrected chi connectivity index (χ0v) is 12.4. The molecule has 0 heterocycles. The third-order valence-corrected chi connectivity index (χ3v) is 4.91. The number of benzene rings is 1. The highest BCUT2D eigenvalue weighted by Crippen LogP contribution is 2.37. The predicted molar refractivity (Wildman–Crippen MR) is 76.8 cm³/mol. The Balaban J connectivity index is 2.03. The fraction of sp³-hybridized carbons (Fsp3) is 0.600. The number of nitrogens with two attached hydrogens (primary N) is 1. The minimum Gasteiger partial charge on any atom is -0.324 e. The molecule has 100 valence electrons. The molecule has 1 fully saturated rings. The van der Waals surface area contributed by atoms with E-state index in [0.717, 1.165) is 11.5 Å². The van der Waals surface area contributed by atoms with Crippen molar-refractivity contribution in [2.45, 2.75) is 45.1 Å². The van der Waals surface area contributed by atoms with Crippen LogP contribution in [0.2, 0.25) is 0 Å². The van der Waals surface area contributed by atoms with Crippen molar-refractivity contribution in [3.05, 3.63) is 34.1 Å². The Morgan fingerprint density at radius 1 is 1.33 bits per heavy atom. The maximum Gasteiger partial charge on any atom is 0.137 e. The Labute approximate surface area is 117 Å². The highest BCUT2D eigenvalue weighted by atomic mass is 79.9. The minimum atomic E-state index is -0.222. The lowest BCUT2D eigenvalue weighted by molar-refractivity contribution is 0.240. The zero-order valence-electron chi connectivity index (χ0n) is 10.8. The van der Waals surface area contributed by atoms with Crippen molar-refractivity contribution < 1.29 is 4.39 Å². The summed E-state index contributed by atoms with van der Waals surface area (Å²) in [6.45, 7) is 2.27. The lowest BCUT2D eigenvalue weighted by Crippen LogP contribution is -2.26. The molecule has 0 saturated heterocycles. The van der Waals surface area contributed by atoms with Gasteiger partial charge in [-0.05, 0) is 58.3 Å². The minimum absolute atomic E-state index is 0.0414. The molecule has 0 spiro atoms. The van der Waals surface area contributed by atoms with E-state index in [2.05, 4.69) is 22.9 Å². The van der Waals surface area contributed by atoms with Crippen molar-refractivity contribution in [1.82, 2.24) is 0 Å². The summed E-state index contributed by atoms with van der Waals surface area (Å²) in [5.74, 6) is 1.21. The van der Waals surface area contributed by atoms with Gasteiger partial charge in [0.05, 0.1) is 4.47 Å². The van der Waals surface area contributed by atoms with Crippen LogP contribution in [0, 0.1) is 17.7 Å². The molecule has 1 atom stereocenters. The Morgan fingerprint density at radius 2 is 2.00 bits per heavy atom. The Kier molecular flexibility index (Phi) is 4.79. The molecule has 0 amide bonds. The van der Waals surface area contributed by atoms with Gasteiger partial charge in [0.25, 0.3) is 0 Å². The van der Waals surface area contributed by atoms with Crippen LogP contribution in [-0.2, 0) is 0 Å². The quantitative estimate of drug-likeness (QED) is 0.852. The van der Waals surface area contributed by atoms with Gasteiger partial charge in [-0.15, -0.1) is 0 Å². The molecule has 1 nitrogen and oxygen atoms in total. The van der Waals surface area contributed by atoms with Crippen LogP contribution in [0.1, 0.15) is 50.6 Å². The van der Waals surface area contributed by atoms with Crippen LogP contribution < -0.4 is 5.73 Å². The van der Waals surface area contributed by atoms with E-state index in [9.17, 15) is 4.39 Å². The molecule has 0 radical (unpaired) electrons. The summed E-state index contributed by atoms with van der Waals surface area (Å²) in [5.41, 5.74) is 7.38. The first-order valence-electron chi connectivity index (χ1n) is 6.82. The summed E-state index contributed by atoms with van der Waals surface area (Å²) in [5, 5.41) is 0. The molecule has 2 N–H and O–H groups in total. The van der Waals surface area contributed by atoms with Crippen LogP contribution in [0.4, 0.5) is 4.39 Å². The first kappa shape index (κ1) is 14.0. The number of hydrogen-bond donors (Lipinski definition) is 1. The molecular formula is C15H21BrFN. The van der Waals surface area contributed by atoms with Gasteiger partial charge in [0.15, 0.2) is 0 Å². The van der Waals surface area contributed by atoms with E-state index >= 15 is 0 Å². The topological polar surface area (TPSA) is 26.0 Å². The number of halogens is 2. The van der Waals surface area contributed by atoms with Crippen LogP contribution in [0.25, 0.3) is 0 Å². The Bertz CT molecular complexity index is 399. The van der Waals surface area contributed by atoms with Gasteiger partial charge in [-0.2, -0.15) is 0 Å². The molecule has 1 aromatic rings. The van der Waals surface area contributed by atoms with E-state index in [0.29, 0.717) is 10.4 Å². The molecule has 18 heavy (non-hydrogen) atoms. The summed E-state index contributed by atoms with van der Waals surface area (Å²) in [7, 11) is 0. The smallest absolute Gasteiger partial charge is 0.137 e. The molecule has 0 aromatic heterocycles. The standard InChI is InChI=1S/C15H21BrFN/c1-2-10-3-5-11(6-4-10)15(18)12-7-8-14(17)13(16)9-12/h7-11,15H,2-6,18H2,1H3. The summed E-state index contributed by atoms with van der Waals surface area (Å²) >= 11 is 3.23. The van der Waals surface area contributed by atoms with Gasteiger partial charge < -0.3 is 5.73 Å². The maximum absolute atomic E-state index is 13.2. The van der Waals surface area contributed by atoms with E-state index in [1.165, 1.54) is 38.2 Å². The monoisotopic (exact) mass is 313 g/mol. The molecule has 0 aliphatic heterocycles.